The lowest BCUT2D eigenvalue weighted by Gasteiger charge is -2.38. The van der Waals surface area contributed by atoms with Gasteiger partial charge in [-0.2, -0.15) is 0 Å². The van der Waals surface area contributed by atoms with Crippen molar-refractivity contribution in [2.75, 3.05) is 12.9 Å². The molecule has 0 amide bonds. The highest BCUT2D eigenvalue weighted by atomic mass is 32.2. The number of esters is 2. The minimum atomic E-state index is -1.28. The summed E-state index contributed by atoms with van der Waals surface area (Å²) in [5.41, 5.74) is -2.09. The number of carbonyl (C=O) groups excluding carboxylic acids is 2. The van der Waals surface area contributed by atoms with Crippen molar-refractivity contribution in [2.45, 2.75) is 36.6 Å². The van der Waals surface area contributed by atoms with Gasteiger partial charge in [-0.3, -0.25) is 4.79 Å². The fraction of sp³-hybridized carbons (Fsp3) is 0.500. The maximum atomic E-state index is 12.5. The number of hydrogen-bond donors (Lipinski definition) is 0. The minimum absolute atomic E-state index is 0.266. The van der Waals surface area contributed by atoms with Gasteiger partial charge in [-0.05, 0) is 19.1 Å². The molecule has 3 rings (SSSR count). The van der Waals surface area contributed by atoms with E-state index >= 15 is 0 Å². The van der Waals surface area contributed by atoms with Crippen LogP contribution >= 0.6 is 11.8 Å². The maximum absolute atomic E-state index is 12.5. The molecule has 1 aromatic carbocycles. The molecule has 6 heteroatoms. The van der Waals surface area contributed by atoms with Crippen LogP contribution in [0.15, 0.2) is 35.2 Å². The zero-order chi connectivity index (χ0) is 16.0. The fourth-order valence-corrected chi connectivity index (χ4v) is 4.48. The first-order chi connectivity index (χ1) is 10.4. The van der Waals surface area contributed by atoms with Gasteiger partial charge in [0, 0.05) is 24.0 Å². The van der Waals surface area contributed by atoms with Crippen LogP contribution in [0.5, 0.6) is 0 Å². The van der Waals surface area contributed by atoms with Gasteiger partial charge in [0.05, 0.1) is 7.11 Å². The molecule has 0 radical (unpaired) electrons. The summed E-state index contributed by atoms with van der Waals surface area (Å²) in [7, 11) is 1.34. The molecule has 0 N–H and O–H groups in total. The summed E-state index contributed by atoms with van der Waals surface area (Å²) in [5, 5.41) is 0. The van der Waals surface area contributed by atoms with Gasteiger partial charge in [0.25, 0.3) is 0 Å². The Morgan fingerprint density at radius 3 is 2.50 bits per heavy atom. The summed E-state index contributed by atoms with van der Waals surface area (Å²) >= 11 is 1.53. The third kappa shape index (κ3) is 2.05. The molecule has 2 fully saturated rings. The lowest BCUT2D eigenvalue weighted by atomic mass is 9.75. The van der Waals surface area contributed by atoms with E-state index in [-0.39, 0.29) is 6.42 Å². The maximum Gasteiger partial charge on any atom is 0.340 e. The van der Waals surface area contributed by atoms with Crippen molar-refractivity contribution < 1.29 is 23.8 Å². The largest absolute Gasteiger partial charge is 0.468 e. The Hall–Kier alpha value is -1.53. The highest BCUT2D eigenvalue weighted by Gasteiger charge is 2.75. The van der Waals surface area contributed by atoms with Gasteiger partial charge in [-0.1, -0.05) is 18.2 Å². The van der Waals surface area contributed by atoms with Crippen LogP contribution < -0.4 is 0 Å². The van der Waals surface area contributed by atoms with Crippen molar-refractivity contribution in [3.8, 4) is 0 Å². The van der Waals surface area contributed by atoms with Gasteiger partial charge in [0.15, 0.2) is 5.60 Å². The highest BCUT2D eigenvalue weighted by Crippen LogP contribution is 2.59. The number of methoxy groups -OCH3 is 1. The fourth-order valence-electron chi connectivity index (χ4n) is 3.23. The monoisotopic (exact) mass is 322 g/mol. The lowest BCUT2D eigenvalue weighted by molar-refractivity contribution is -0.210. The molecule has 1 aromatic rings. The Balaban J connectivity index is 1.91. The highest BCUT2D eigenvalue weighted by molar-refractivity contribution is 7.99. The van der Waals surface area contributed by atoms with Gasteiger partial charge in [-0.25, -0.2) is 4.79 Å². The van der Waals surface area contributed by atoms with Crippen LogP contribution in [0.3, 0.4) is 0 Å². The van der Waals surface area contributed by atoms with E-state index in [0.717, 1.165) is 4.90 Å². The summed E-state index contributed by atoms with van der Waals surface area (Å²) < 4.78 is 16.2. The third-order valence-electron chi connectivity index (χ3n) is 4.45. The molecule has 2 bridgehead atoms. The normalized spacial score (nSPS) is 36.2. The average molecular weight is 322 g/mol. The van der Waals surface area contributed by atoms with Gasteiger partial charge < -0.3 is 14.2 Å². The first-order valence-electron chi connectivity index (χ1n) is 7.05. The Bertz CT molecular complexity index is 618. The predicted octanol–water partition coefficient (Wildman–Crippen LogP) is 2.39. The molecule has 0 unspecified atom stereocenters. The smallest absolute Gasteiger partial charge is 0.340 e. The van der Waals surface area contributed by atoms with Crippen LogP contribution in [0.2, 0.25) is 0 Å². The molecular formula is C16H18O5S. The van der Waals surface area contributed by atoms with E-state index in [1.165, 1.54) is 18.9 Å². The van der Waals surface area contributed by atoms with Crippen LogP contribution in [0.1, 0.15) is 20.3 Å². The second-order valence-electron chi connectivity index (χ2n) is 6.02. The van der Waals surface area contributed by atoms with Gasteiger partial charge in [0.2, 0.25) is 5.79 Å². The Labute approximate surface area is 133 Å². The summed E-state index contributed by atoms with van der Waals surface area (Å²) in [6.45, 7) is 3.31. The number of fused-ring (bicyclic) bond motifs is 2. The Morgan fingerprint density at radius 2 is 2.00 bits per heavy atom. The van der Waals surface area contributed by atoms with Crippen molar-refractivity contribution in [1.29, 1.82) is 0 Å². The van der Waals surface area contributed by atoms with Crippen molar-refractivity contribution in [3.05, 3.63) is 30.3 Å². The number of benzene rings is 1. The summed E-state index contributed by atoms with van der Waals surface area (Å²) in [6, 6.07) is 9.76. The van der Waals surface area contributed by atoms with E-state index < -0.39 is 28.7 Å². The van der Waals surface area contributed by atoms with Crippen molar-refractivity contribution in [2.24, 2.45) is 5.41 Å². The molecule has 0 aliphatic carbocycles. The molecular weight excluding hydrogens is 304 g/mol. The van der Waals surface area contributed by atoms with Gasteiger partial charge in [-0.15, -0.1) is 11.8 Å². The van der Waals surface area contributed by atoms with E-state index in [1.807, 2.05) is 30.3 Å². The molecule has 22 heavy (non-hydrogen) atoms. The first kappa shape index (κ1) is 15.4. The van der Waals surface area contributed by atoms with Crippen LogP contribution in [-0.2, 0) is 23.8 Å². The molecule has 2 heterocycles. The summed E-state index contributed by atoms with van der Waals surface area (Å²) in [5.74, 6) is -1.69. The molecule has 3 atom stereocenters. The van der Waals surface area contributed by atoms with E-state index in [1.54, 1.807) is 13.8 Å². The second kappa shape index (κ2) is 4.99. The number of thioether (sulfide) groups is 1. The number of rotatable bonds is 4. The Kier molecular flexibility index (Phi) is 3.49. The van der Waals surface area contributed by atoms with Gasteiger partial charge >= 0.3 is 11.9 Å². The lowest BCUT2D eigenvalue weighted by Crippen LogP contribution is -2.54. The van der Waals surface area contributed by atoms with Crippen molar-refractivity contribution >= 4 is 23.7 Å². The van der Waals surface area contributed by atoms with E-state index in [2.05, 4.69) is 0 Å². The minimum Gasteiger partial charge on any atom is -0.468 e. The SMILES string of the molecule is COC(=O)[C@@]1(CSc2ccccc2)C[C@]2(C)O[C@@]1(C)OC2=O. The summed E-state index contributed by atoms with van der Waals surface area (Å²) in [4.78, 5) is 25.5. The van der Waals surface area contributed by atoms with Crippen LogP contribution in [-0.4, -0.2) is 36.2 Å². The molecule has 0 aromatic heterocycles. The predicted molar refractivity (Wildman–Crippen MR) is 80.2 cm³/mol. The van der Waals surface area contributed by atoms with Crippen LogP contribution in [0, 0.1) is 5.41 Å². The zero-order valence-electron chi connectivity index (χ0n) is 12.8. The zero-order valence-corrected chi connectivity index (χ0v) is 13.6. The number of ether oxygens (including phenoxy) is 3. The van der Waals surface area contributed by atoms with E-state index in [9.17, 15) is 9.59 Å². The summed E-state index contributed by atoms with van der Waals surface area (Å²) in [6.07, 6.45) is 0.266. The molecule has 2 aliphatic rings. The van der Waals surface area contributed by atoms with Crippen LogP contribution in [0.4, 0.5) is 0 Å². The second-order valence-corrected chi connectivity index (χ2v) is 7.07. The molecule has 0 saturated carbocycles. The standard InChI is InChI=1S/C16H18O5S/c1-14-9-16(13(18)19-3,15(2,21-14)20-12(14)17)10-22-11-7-5-4-6-8-11/h4-8H,9-10H2,1-3H3/t14-,15+,16-/m0/s1. The van der Waals surface area contributed by atoms with Crippen LogP contribution in [0.25, 0.3) is 0 Å². The quantitative estimate of drug-likeness (QED) is 0.626. The van der Waals surface area contributed by atoms with E-state index in [4.69, 9.17) is 14.2 Å². The van der Waals surface area contributed by atoms with Crippen molar-refractivity contribution in [1.82, 2.24) is 0 Å². The van der Waals surface area contributed by atoms with Gasteiger partial charge in [0.1, 0.15) is 5.41 Å². The number of hydrogen-bond acceptors (Lipinski definition) is 6. The molecule has 118 valence electrons. The third-order valence-corrected chi connectivity index (χ3v) is 5.69. The average Bonchev–Trinajstić information content (AvgIpc) is 2.88. The first-order valence-corrected chi connectivity index (χ1v) is 8.04. The van der Waals surface area contributed by atoms with E-state index in [0.29, 0.717) is 5.75 Å². The molecule has 0 spiro atoms. The Morgan fingerprint density at radius 1 is 1.32 bits per heavy atom. The topological polar surface area (TPSA) is 61.8 Å². The molecule has 5 nitrogen and oxygen atoms in total. The molecule has 2 aliphatic heterocycles. The van der Waals surface area contributed by atoms with Crippen molar-refractivity contribution in [3.63, 3.8) is 0 Å². The molecule has 2 saturated heterocycles. The number of carbonyl (C=O) groups is 2.